The van der Waals surface area contributed by atoms with Crippen molar-refractivity contribution in [2.75, 3.05) is 25.0 Å². The second-order valence-corrected chi connectivity index (χ2v) is 6.35. The lowest BCUT2D eigenvalue weighted by atomic mass is 10.2. The highest BCUT2D eigenvalue weighted by Gasteiger charge is 2.22. The van der Waals surface area contributed by atoms with E-state index in [9.17, 15) is 4.79 Å². The Labute approximate surface area is 134 Å². The molecular formula is C15H25BrN4O. The Morgan fingerprint density at radius 1 is 1.48 bits per heavy atom. The molecule has 1 atom stereocenters. The lowest BCUT2D eigenvalue weighted by molar-refractivity contribution is 0.277. The average molecular weight is 357 g/mol. The molecule has 0 spiro atoms. The topological polar surface area (TPSA) is 50.2 Å². The van der Waals surface area contributed by atoms with Gasteiger partial charge in [0, 0.05) is 19.1 Å². The van der Waals surface area contributed by atoms with Crippen molar-refractivity contribution >= 4 is 21.6 Å². The summed E-state index contributed by atoms with van der Waals surface area (Å²) >= 11 is 3.42. The SMILES string of the molecule is CCCCn1ncc(NCC2CCCN2CC)c(Br)c1=O. The van der Waals surface area contributed by atoms with Crippen LogP contribution in [-0.4, -0.2) is 40.4 Å². The van der Waals surface area contributed by atoms with Crippen LogP contribution in [0.15, 0.2) is 15.5 Å². The second kappa shape index (κ2) is 7.94. The predicted octanol–water partition coefficient (Wildman–Crippen LogP) is 2.70. The number of aryl methyl sites for hydroxylation is 1. The van der Waals surface area contributed by atoms with Crippen molar-refractivity contribution in [1.82, 2.24) is 14.7 Å². The van der Waals surface area contributed by atoms with Crippen molar-refractivity contribution in [2.24, 2.45) is 0 Å². The van der Waals surface area contributed by atoms with Crippen LogP contribution in [0.1, 0.15) is 39.5 Å². The molecule has 1 aliphatic heterocycles. The first-order valence-electron chi connectivity index (χ1n) is 7.90. The Morgan fingerprint density at radius 3 is 3.00 bits per heavy atom. The third-order valence-electron chi connectivity index (χ3n) is 4.14. The zero-order chi connectivity index (χ0) is 15.2. The number of nitrogens with zero attached hydrogens (tertiary/aromatic N) is 3. The summed E-state index contributed by atoms with van der Waals surface area (Å²) in [5.74, 6) is 0. The minimum Gasteiger partial charge on any atom is -0.381 e. The highest BCUT2D eigenvalue weighted by molar-refractivity contribution is 9.10. The first kappa shape index (κ1) is 16.5. The van der Waals surface area contributed by atoms with Crippen LogP contribution in [0.2, 0.25) is 0 Å². The number of rotatable bonds is 7. The maximum atomic E-state index is 12.2. The molecule has 0 saturated carbocycles. The van der Waals surface area contributed by atoms with Crippen molar-refractivity contribution in [1.29, 1.82) is 0 Å². The van der Waals surface area contributed by atoms with E-state index in [1.807, 2.05) is 0 Å². The van der Waals surface area contributed by atoms with Crippen LogP contribution in [0.25, 0.3) is 0 Å². The number of aromatic nitrogens is 2. The van der Waals surface area contributed by atoms with Crippen LogP contribution >= 0.6 is 15.9 Å². The van der Waals surface area contributed by atoms with Crippen molar-refractivity contribution in [2.45, 2.75) is 52.1 Å². The Morgan fingerprint density at radius 2 is 2.29 bits per heavy atom. The fourth-order valence-electron chi connectivity index (χ4n) is 2.83. The molecule has 21 heavy (non-hydrogen) atoms. The van der Waals surface area contributed by atoms with Gasteiger partial charge < -0.3 is 5.32 Å². The highest BCUT2D eigenvalue weighted by Crippen LogP contribution is 2.20. The van der Waals surface area contributed by atoms with Gasteiger partial charge in [-0.25, -0.2) is 4.68 Å². The summed E-state index contributed by atoms with van der Waals surface area (Å²) in [6.45, 7) is 8.13. The summed E-state index contributed by atoms with van der Waals surface area (Å²) in [5, 5.41) is 7.64. The van der Waals surface area contributed by atoms with Crippen molar-refractivity contribution < 1.29 is 0 Å². The molecule has 0 amide bonds. The van der Waals surface area contributed by atoms with Crippen LogP contribution in [-0.2, 0) is 6.54 Å². The lowest BCUT2D eigenvalue weighted by Crippen LogP contribution is -2.35. The predicted molar refractivity (Wildman–Crippen MR) is 89.9 cm³/mol. The molecule has 6 heteroatoms. The molecule has 1 aromatic rings. The van der Waals surface area contributed by atoms with E-state index in [2.05, 4.69) is 45.1 Å². The summed E-state index contributed by atoms with van der Waals surface area (Å²) in [4.78, 5) is 14.7. The Bertz CT molecular complexity index is 517. The summed E-state index contributed by atoms with van der Waals surface area (Å²) in [5.41, 5.74) is 0.753. The maximum absolute atomic E-state index is 12.2. The normalized spacial score (nSPS) is 19.1. The van der Waals surface area contributed by atoms with Gasteiger partial charge in [-0.2, -0.15) is 5.10 Å². The molecular weight excluding hydrogens is 332 g/mol. The number of anilines is 1. The number of likely N-dealkylation sites (tertiary alicyclic amines) is 1. The van der Waals surface area contributed by atoms with E-state index in [0.29, 0.717) is 17.1 Å². The van der Waals surface area contributed by atoms with Gasteiger partial charge in [-0.15, -0.1) is 0 Å². The van der Waals surface area contributed by atoms with Crippen LogP contribution in [0, 0.1) is 0 Å². The molecule has 0 aromatic carbocycles. The van der Waals surface area contributed by atoms with Crippen molar-refractivity contribution in [3.8, 4) is 0 Å². The van der Waals surface area contributed by atoms with Crippen LogP contribution < -0.4 is 10.9 Å². The van der Waals surface area contributed by atoms with Gasteiger partial charge in [0.25, 0.3) is 5.56 Å². The number of hydrogen-bond acceptors (Lipinski definition) is 4. The molecule has 0 bridgehead atoms. The molecule has 1 aliphatic rings. The zero-order valence-electron chi connectivity index (χ0n) is 12.9. The second-order valence-electron chi connectivity index (χ2n) is 5.56. The van der Waals surface area contributed by atoms with Gasteiger partial charge in [0.15, 0.2) is 0 Å². The molecule has 1 fully saturated rings. The van der Waals surface area contributed by atoms with E-state index in [0.717, 1.165) is 31.6 Å². The molecule has 0 radical (unpaired) electrons. The van der Waals surface area contributed by atoms with E-state index in [1.165, 1.54) is 24.1 Å². The average Bonchev–Trinajstić information content (AvgIpc) is 2.95. The van der Waals surface area contributed by atoms with Gasteiger partial charge in [0.05, 0.1) is 11.9 Å². The first-order chi connectivity index (χ1) is 10.2. The molecule has 2 heterocycles. The number of hydrogen-bond donors (Lipinski definition) is 1. The molecule has 0 aliphatic carbocycles. The van der Waals surface area contributed by atoms with Crippen molar-refractivity contribution in [3.05, 3.63) is 21.0 Å². The van der Waals surface area contributed by atoms with Crippen molar-refractivity contribution in [3.63, 3.8) is 0 Å². The maximum Gasteiger partial charge on any atom is 0.283 e. The molecule has 1 aromatic heterocycles. The first-order valence-corrected chi connectivity index (χ1v) is 8.70. The fourth-order valence-corrected chi connectivity index (χ4v) is 3.27. The molecule has 2 rings (SSSR count). The number of likely N-dealkylation sites (N-methyl/N-ethyl adjacent to an activating group) is 1. The summed E-state index contributed by atoms with van der Waals surface area (Å²) < 4.78 is 2.13. The largest absolute Gasteiger partial charge is 0.381 e. The van der Waals surface area contributed by atoms with Gasteiger partial charge in [0.2, 0.25) is 0 Å². The Kier molecular flexibility index (Phi) is 6.23. The van der Waals surface area contributed by atoms with E-state index in [-0.39, 0.29) is 5.56 Å². The van der Waals surface area contributed by atoms with E-state index in [1.54, 1.807) is 6.20 Å². The van der Waals surface area contributed by atoms with E-state index in [4.69, 9.17) is 0 Å². The molecule has 1 N–H and O–H groups in total. The third kappa shape index (κ3) is 4.07. The smallest absolute Gasteiger partial charge is 0.283 e. The van der Waals surface area contributed by atoms with Gasteiger partial charge in [0.1, 0.15) is 4.47 Å². The lowest BCUT2D eigenvalue weighted by Gasteiger charge is -2.23. The van der Waals surface area contributed by atoms with Crippen LogP contribution in [0.3, 0.4) is 0 Å². The van der Waals surface area contributed by atoms with Gasteiger partial charge in [-0.05, 0) is 48.3 Å². The molecule has 1 unspecified atom stereocenters. The fraction of sp³-hybridized carbons (Fsp3) is 0.733. The minimum atomic E-state index is -0.0489. The summed E-state index contributed by atoms with van der Waals surface area (Å²) in [6, 6.07) is 0.560. The van der Waals surface area contributed by atoms with Crippen LogP contribution in [0.5, 0.6) is 0 Å². The van der Waals surface area contributed by atoms with E-state index < -0.39 is 0 Å². The van der Waals surface area contributed by atoms with Gasteiger partial charge in [-0.1, -0.05) is 20.3 Å². The third-order valence-corrected chi connectivity index (χ3v) is 4.91. The number of nitrogens with one attached hydrogen (secondary N) is 1. The highest BCUT2D eigenvalue weighted by atomic mass is 79.9. The quantitative estimate of drug-likeness (QED) is 0.815. The van der Waals surface area contributed by atoms with Gasteiger partial charge >= 0.3 is 0 Å². The summed E-state index contributed by atoms with van der Waals surface area (Å²) in [6.07, 6.45) is 6.27. The Balaban J connectivity index is 2.00. The number of halogens is 1. The number of unbranched alkanes of at least 4 members (excludes halogenated alkanes) is 1. The minimum absolute atomic E-state index is 0.0489. The Hall–Kier alpha value is -0.880. The molecule has 118 valence electrons. The molecule has 5 nitrogen and oxygen atoms in total. The standard InChI is InChI=1S/C15H25BrN4O/c1-3-5-9-20-15(21)14(16)13(11-18-20)17-10-12-7-6-8-19(12)4-2/h11-12,17H,3-10H2,1-2H3. The summed E-state index contributed by atoms with van der Waals surface area (Å²) in [7, 11) is 0. The molecule has 1 saturated heterocycles. The van der Waals surface area contributed by atoms with E-state index >= 15 is 0 Å². The van der Waals surface area contributed by atoms with Crippen LogP contribution in [0.4, 0.5) is 5.69 Å². The zero-order valence-corrected chi connectivity index (χ0v) is 14.5. The van der Waals surface area contributed by atoms with Gasteiger partial charge in [-0.3, -0.25) is 9.69 Å². The monoisotopic (exact) mass is 356 g/mol.